The summed E-state index contributed by atoms with van der Waals surface area (Å²) < 4.78 is 5.93. The van der Waals surface area contributed by atoms with Gasteiger partial charge in [0.15, 0.2) is 0 Å². The standard InChI is InChI=1S/C24H17NO/c1-13-14(2)26-22-11-16-8-10-19-18-9-7-15-5-3-4-6-17(15)23(18)25-24(19)21(16)12-20(13)22/h3-12,25H,1-2H3. The minimum absolute atomic E-state index is 0.966. The van der Waals surface area contributed by atoms with Crippen molar-refractivity contribution in [2.45, 2.75) is 13.8 Å². The van der Waals surface area contributed by atoms with Crippen LogP contribution in [-0.2, 0) is 0 Å². The third kappa shape index (κ3) is 1.66. The molecule has 2 heterocycles. The highest BCUT2D eigenvalue weighted by Crippen LogP contribution is 2.37. The van der Waals surface area contributed by atoms with Gasteiger partial charge in [0.05, 0.1) is 11.0 Å². The van der Waals surface area contributed by atoms with Gasteiger partial charge in [-0.2, -0.15) is 0 Å². The number of fused-ring (bicyclic) bond motifs is 8. The maximum atomic E-state index is 5.93. The first-order chi connectivity index (χ1) is 12.7. The lowest BCUT2D eigenvalue weighted by Gasteiger charge is -2.01. The Kier molecular flexibility index (Phi) is 2.51. The smallest absolute Gasteiger partial charge is 0.135 e. The molecule has 4 aromatic carbocycles. The van der Waals surface area contributed by atoms with Gasteiger partial charge in [-0.3, -0.25) is 0 Å². The van der Waals surface area contributed by atoms with Crippen molar-refractivity contribution in [2.24, 2.45) is 0 Å². The molecular formula is C24H17NO. The van der Waals surface area contributed by atoms with Crippen molar-refractivity contribution in [1.29, 1.82) is 0 Å². The molecule has 0 fully saturated rings. The SMILES string of the molecule is Cc1oc2cc3ccc4c5ccc6ccccc6c5[nH]c4c3cc2c1C. The molecule has 0 aliphatic heterocycles. The van der Waals surface area contributed by atoms with Gasteiger partial charge in [0, 0.05) is 26.9 Å². The number of rotatable bonds is 0. The van der Waals surface area contributed by atoms with Crippen LogP contribution >= 0.6 is 0 Å². The summed E-state index contributed by atoms with van der Waals surface area (Å²) in [5.74, 6) is 0.995. The highest BCUT2D eigenvalue weighted by Gasteiger charge is 2.13. The zero-order valence-electron chi connectivity index (χ0n) is 14.7. The lowest BCUT2D eigenvalue weighted by molar-refractivity contribution is 0.575. The molecule has 0 amide bonds. The van der Waals surface area contributed by atoms with E-state index in [4.69, 9.17) is 4.42 Å². The zero-order valence-corrected chi connectivity index (χ0v) is 14.7. The summed E-state index contributed by atoms with van der Waals surface area (Å²) in [6, 6.07) is 21.8. The van der Waals surface area contributed by atoms with Crippen LogP contribution in [0.3, 0.4) is 0 Å². The monoisotopic (exact) mass is 335 g/mol. The molecule has 0 bridgehead atoms. The molecule has 0 aliphatic rings. The fourth-order valence-electron chi connectivity index (χ4n) is 4.27. The fourth-order valence-corrected chi connectivity index (χ4v) is 4.27. The minimum Gasteiger partial charge on any atom is -0.461 e. The van der Waals surface area contributed by atoms with Gasteiger partial charge >= 0.3 is 0 Å². The third-order valence-corrected chi connectivity index (χ3v) is 5.78. The molecular weight excluding hydrogens is 318 g/mol. The van der Waals surface area contributed by atoms with Crippen molar-refractivity contribution >= 4 is 54.3 Å². The van der Waals surface area contributed by atoms with Crippen molar-refractivity contribution < 1.29 is 4.42 Å². The van der Waals surface area contributed by atoms with E-state index in [1.54, 1.807) is 0 Å². The van der Waals surface area contributed by atoms with E-state index in [1.165, 1.54) is 54.3 Å². The molecule has 0 atom stereocenters. The largest absolute Gasteiger partial charge is 0.461 e. The zero-order chi connectivity index (χ0) is 17.4. The first-order valence-corrected chi connectivity index (χ1v) is 8.96. The molecule has 0 unspecified atom stereocenters. The predicted octanol–water partition coefficient (Wildman–Crippen LogP) is 6.99. The summed E-state index contributed by atoms with van der Waals surface area (Å²) in [5.41, 5.74) is 4.61. The van der Waals surface area contributed by atoms with Crippen LogP contribution < -0.4 is 0 Å². The molecule has 2 nitrogen and oxygen atoms in total. The van der Waals surface area contributed by atoms with Crippen LogP contribution in [0.2, 0.25) is 0 Å². The normalized spacial score (nSPS) is 12.2. The Morgan fingerprint density at radius 2 is 1.38 bits per heavy atom. The van der Waals surface area contributed by atoms with E-state index in [0.717, 1.165) is 11.3 Å². The molecule has 124 valence electrons. The lowest BCUT2D eigenvalue weighted by atomic mass is 10.0. The second kappa shape index (κ2) is 4.67. The van der Waals surface area contributed by atoms with E-state index in [9.17, 15) is 0 Å². The fraction of sp³-hybridized carbons (Fsp3) is 0.0833. The number of benzene rings is 4. The quantitative estimate of drug-likeness (QED) is 0.318. The van der Waals surface area contributed by atoms with E-state index >= 15 is 0 Å². The number of aromatic nitrogens is 1. The van der Waals surface area contributed by atoms with Crippen molar-refractivity contribution in [1.82, 2.24) is 4.98 Å². The van der Waals surface area contributed by atoms with Gasteiger partial charge in [0.2, 0.25) is 0 Å². The minimum atomic E-state index is 0.966. The average Bonchev–Trinajstić information content (AvgIpc) is 3.18. The van der Waals surface area contributed by atoms with E-state index in [1.807, 2.05) is 6.92 Å². The molecule has 2 heteroatoms. The van der Waals surface area contributed by atoms with Gasteiger partial charge in [-0.15, -0.1) is 0 Å². The Morgan fingerprint density at radius 1 is 0.654 bits per heavy atom. The van der Waals surface area contributed by atoms with Crippen LogP contribution in [0.15, 0.2) is 65.1 Å². The molecule has 0 saturated heterocycles. The highest BCUT2D eigenvalue weighted by molar-refractivity contribution is 6.23. The maximum absolute atomic E-state index is 5.93. The van der Waals surface area contributed by atoms with E-state index < -0.39 is 0 Å². The number of aromatic amines is 1. The number of hydrogen-bond donors (Lipinski definition) is 1. The third-order valence-electron chi connectivity index (χ3n) is 5.78. The van der Waals surface area contributed by atoms with Crippen molar-refractivity contribution in [3.05, 3.63) is 72.0 Å². The Hall–Kier alpha value is -3.26. The second-order valence-electron chi connectivity index (χ2n) is 7.18. The van der Waals surface area contributed by atoms with Gasteiger partial charge in [0.25, 0.3) is 0 Å². The number of H-pyrrole nitrogens is 1. The van der Waals surface area contributed by atoms with E-state index in [-0.39, 0.29) is 0 Å². The number of nitrogens with one attached hydrogen (secondary N) is 1. The average molecular weight is 335 g/mol. The first kappa shape index (κ1) is 14.0. The van der Waals surface area contributed by atoms with Crippen LogP contribution in [-0.4, -0.2) is 4.98 Å². The first-order valence-electron chi connectivity index (χ1n) is 8.96. The molecule has 1 N–H and O–H groups in total. The van der Waals surface area contributed by atoms with Crippen LogP contribution in [0.25, 0.3) is 54.3 Å². The number of hydrogen-bond acceptors (Lipinski definition) is 1. The molecule has 26 heavy (non-hydrogen) atoms. The van der Waals surface area contributed by atoms with Crippen molar-refractivity contribution in [3.63, 3.8) is 0 Å². The van der Waals surface area contributed by atoms with Crippen molar-refractivity contribution in [2.75, 3.05) is 0 Å². The summed E-state index contributed by atoms with van der Waals surface area (Å²) in [6.07, 6.45) is 0. The summed E-state index contributed by atoms with van der Waals surface area (Å²) in [7, 11) is 0. The van der Waals surface area contributed by atoms with Crippen LogP contribution in [0.5, 0.6) is 0 Å². The number of furan rings is 1. The van der Waals surface area contributed by atoms with Crippen molar-refractivity contribution in [3.8, 4) is 0 Å². The summed E-state index contributed by atoms with van der Waals surface area (Å²) in [5, 5.41) is 8.74. The molecule has 0 saturated carbocycles. The topological polar surface area (TPSA) is 28.9 Å². The van der Waals surface area contributed by atoms with Gasteiger partial charge in [-0.25, -0.2) is 0 Å². The molecule has 6 aromatic rings. The Bertz CT molecular complexity index is 1500. The van der Waals surface area contributed by atoms with Gasteiger partial charge < -0.3 is 9.40 Å². The number of aryl methyl sites for hydroxylation is 2. The molecule has 0 radical (unpaired) electrons. The van der Waals surface area contributed by atoms with Gasteiger partial charge in [0.1, 0.15) is 11.3 Å². The Balaban J connectivity index is 1.84. The van der Waals surface area contributed by atoms with Crippen LogP contribution in [0.1, 0.15) is 11.3 Å². The van der Waals surface area contributed by atoms with Gasteiger partial charge in [-0.05, 0) is 42.3 Å². The van der Waals surface area contributed by atoms with E-state index in [2.05, 4.69) is 72.6 Å². The van der Waals surface area contributed by atoms with E-state index in [0.29, 0.717) is 0 Å². The lowest BCUT2D eigenvalue weighted by Crippen LogP contribution is -1.77. The van der Waals surface area contributed by atoms with Crippen LogP contribution in [0, 0.1) is 13.8 Å². The highest BCUT2D eigenvalue weighted by atomic mass is 16.3. The summed E-state index contributed by atoms with van der Waals surface area (Å²) in [6.45, 7) is 4.16. The molecule has 0 aliphatic carbocycles. The maximum Gasteiger partial charge on any atom is 0.135 e. The van der Waals surface area contributed by atoms with Gasteiger partial charge in [-0.1, -0.05) is 48.5 Å². The molecule has 6 rings (SSSR count). The Labute approximate surface area is 150 Å². The predicted molar refractivity (Wildman–Crippen MR) is 110 cm³/mol. The molecule has 2 aromatic heterocycles. The summed E-state index contributed by atoms with van der Waals surface area (Å²) >= 11 is 0. The molecule has 0 spiro atoms. The second-order valence-corrected chi connectivity index (χ2v) is 7.18. The summed E-state index contributed by atoms with van der Waals surface area (Å²) in [4.78, 5) is 3.72. The Morgan fingerprint density at radius 3 is 2.23 bits per heavy atom. The van der Waals surface area contributed by atoms with Crippen LogP contribution in [0.4, 0.5) is 0 Å².